The van der Waals surface area contributed by atoms with Gasteiger partial charge in [0.05, 0.1) is 5.73 Å². The summed E-state index contributed by atoms with van der Waals surface area (Å²) < 4.78 is 4.85. The maximum Gasteiger partial charge on any atom is 0.312 e. The third kappa shape index (κ3) is 4.02. The van der Waals surface area contributed by atoms with Crippen LogP contribution in [0.5, 0.6) is 0 Å². The van der Waals surface area contributed by atoms with Crippen molar-refractivity contribution in [2.45, 2.75) is 30.6 Å². The Balaban J connectivity index is 2.38. The predicted molar refractivity (Wildman–Crippen MR) is 62.6 cm³/mol. The van der Waals surface area contributed by atoms with E-state index in [1.807, 2.05) is 0 Å². The molecule has 10 heteroatoms. The number of hydrogen-bond donors (Lipinski definition) is 6. The van der Waals surface area contributed by atoms with Gasteiger partial charge in [-0.2, -0.15) is 0 Å². The molecular formula is C7H18N2O6Si2. The van der Waals surface area contributed by atoms with Crippen molar-refractivity contribution in [3.8, 4) is 0 Å². The number of amides is 2. The molecule has 0 aromatic rings. The molecule has 1 saturated heterocycles. The fourth-order valence-corrected chi connectivity index (χ4v) is 9.11. The Labute approximate surface area is 101 Å². The summed E-state index contributed by atoms with van der Waals surface area (Å²) in [6, 6.07) is -0.112. The van der Waals surface area contributed by atoms with Crippen molar-refractivity contribution in [1.82, 2.24) is 5.32 Å². The Bertz CT molecular complexity index is 271. The lowest BCUT2D eigenvalue weighted by Crippen LogP contribution is -2.62. The van der Waals surface area contributed by atoms with Crippen molar-refractivity contribution in [2.24, 2.45) is 5.73 Å². The molecule has 1 aliphatic heterocycles. The van der Waals surface area contributed by atoms with Gasteiger partial charge >= 0.3 is 6.03 Å². The van der Waals surface area contributed by atoms with Crippen LogP contribution < -0.4 is 11.1 Å². The first-order chi connectivity index (χ1) is 7.93. The van der Waals surface area contributed by atoms with Crippen LogP contribution >= 0.6 is 0 Å². The molecule has 0 aliphatic carbocycles. The summed E-state index contributed by atoms with van der Waals surface area (Å²) in [7, 11) is -4.64. The van der Waals surface area contributed by atoms with Gasteiger partial charge in [-0.15, -0.1) is 0 Å². The highest BCUT2D eigenvalue weighted by Crippen LogP contribution is 2.18. The zero-order valence-electron chi connectivity index (χ0n) is 9.19. The smallest absolute Gasteiger partial charge is 0.312 e. The molecule has 1 heterocycles. The average Bonchev–Trinajstić information content (AvgIpc) is 2.24. The second kappa shape index (κ2) is 6.44. The zero-order chi connectivity index (χ0) is 13.0. The number of aliphatic hydroxyl groups excluding tert-OH is 3. The SMILES string of the molecule is NC(=O)NCCC[SiH]1C(O)C(O)C(O)O[SiH]1O. The molecule has 100 valence electrons. The minimum Gasteiger partial charge on any atom is -0.415 e. The van der Waals surface area contributed by atoms with E-state index in [9.17, 15) is 24.9 Å². The maximum absolute atomic E-state index is 10.4. The standard InChI is InChI=1S/C7H18N2O6Si2/c8-7(13)9-2-1-3-16-6(12)4(10)5(11)15-17(16)14/h4-6,10-12,14,16-17H,1-3H2,(H3,8,9,13). The molecule has 0 radical (unpaired) electrons. The topological polar surface area (TPSA) is 145 Å². The van der Waals surface area contributed by atoms with E-state index in [0.717, 1.165) is 0 Å². The van der Waals surface area contributed by atoms with E-state index in [1.54, 1.807) is 0 Å². The number of carbonyl (C=O) groups is 1. The molecule has 2 amide bonds. The summed E-state index contributed by atoms with van der Waals surface area (Å²) in [5.41, 5.74) is 3.80. The molecule has 0 bridgehead atoms. The molecule has 5 atom stereocenters. The minimum atomic E-state index is -2.60. The van der Waals surface area contributed by atoms with E-state index < -0.39 is 41.3 Å². The third-order valence-corrected chi connectivity index (χ3v) is 11.2. The van der Waals surface area contributed by atoms with Crippen LogP contribution in [0.25, 0.3) is 0 Å². The molecular weight excluding hydrogens is 264 g/mol. The summed E-state index contributed by atoms with van der Waals surface area (Å²) >= 11 is 0. The molecule has 1 fully saturated rings. The molecule has 1 rings (SSSR count). The molecule has 1 aliphatic rings. The minimum absolute atomic E-state index is 0.353. The van der Waals surface area contributed by atoms with Gasteiger partial charge in [-0.3, -0.25) is 0 Å². The lowest BCUT2D eigenvalue weighted by Gasteiger charge is -2.36. The van der Waals surface area contributed by atoms with Crippen LogP contribution in [-0.2, 0) is 4.43 Å². The Morgan fingerprint density at radius 1 is 1.41 bits per heavy atom. The number of aliphatic hydroxyl groups is 3. The van der Waals surface area contributed by atoms with Crippen molar-refractivity contribution < 1.29 is 29.3 Å². The highest BCUT2D eigenvalue weighted by Gasteiger charge is 2.45. The number of nitrogens with two attached hydrogens (primary N) is 1. The van der Waals surface area contributed by atoms with Crippen LogP contribution in [0.1, 0.15) is 6.42 Å². The Kier molecular flexibility index (Phi) is 5.52. The van der Waals surface area contributed by atoms with Crippen LogP contribution in [0.15, 0.2) is 0 Å². The van der Waals surface area contributed by atoms with E-state index in [4.69, 9.17) is 10.2 Å². The fraction of sp³-hybridized carbons (Fsp3) is 0.857. The maximum atomic E-state index is 10.4. The number of nitrogens with one attached hydrogen (secondary N) is 1. The highest BCUT2D eigenvalue weighted by molar-refractivity contribution is 7.17. The van der Waals surface area contributed by atoms with Gasteiger partial charge in [-0.05, 0) is 6.42 Å². The second-order valence-electron chi connectivity index (χ2n) is 4.00. The molecule has 0 aromatic heterocycles. The van der Waals surface area contributed by atoms with Crippen LogP contribution in [0.2, 0.25) is 6.04 Å². The summed E-state index contributed by atoms with van der Waals surface area (Å²) in [5.74, 6) is 0. The van der Waals surface area contributed by atoms with Gasteiger partial charge in [0.1, 0.15) is 14.4 Å². The summed E-state index contributed by atoms with van der Waals surface area (Å²) in [6.07, 6.45) is -2.31. The van der Waals surface area contributed by atoms with Crippen molar-refractivity contribution in [3.05, 3.63) is 0 Å². The van der Waals surface area contributed by atoms with Gasteiger partial charge in [-0.25, -0.2) is 4.79 Å². The number of carbonyl (C=O) groups excluding carboxylic acids is 1. The number of primary amides is 1. The van der Waals surface area contributed by atoms with E-state index in [-0.39, 0.29) is 0 Å². The van der Waals surface area contributed by atoms with Crippen LogP contribution in [-0.4, -0.2) is 67.9 Å². The second-order valence-corrected chi connectivity index (χ2v) is 11.9. The lowest BCUT2D eigenvalue weighted by molar-refractivity contribution is -0.141. The average molecular weight is 282 g/mol. The molecule has 7 N–H and O–H groups in total. The molecule has 0 aromatic carbocycles. The van der Waals surface area contributed by atoms with Gasteiger partial charge in [-0.1, -0.05) is 6.04 Å². The summed E-state index contributed by atoms with van der Waals surface area (Å²) in [6.45, 7) is 0.353. The fourth-order valence-electron chi connectivity index (χ4n) is 1.78. The van der Waals surface area contributed by atoms with E-state index in [2.05, 4.69) is 5.32 Å². The van der Waals surface area contributed by atoms with Gasteiger partial charge in [0.25, 0.3) is 8.80 Å². The summed E-state index contributed by atoms with van der Waals surface area (Å²) in [5, 5.41) is 30.7. The van der Waals surface area contributed by atoms with Crippen LogP contribution in [0.3, 0.4) is 0 Å². The number of hydrogen-bond acceptors (Lipinski definition) is 6. The van der Waals surface area contributed by atoms with Crippen molar-refractivity contribution in [1.29, 1.82) is 0 Å². The third-order valence-electron chi connectivity index (χ3n) is 2.74. The Hall–Kier alpha value is -0.496. The number of rotatable bonds is 4. The Morgan fingerprint density at radius 2 is 2.06 bits per heavy atom. The summed E-state index contributed by atoms with van der Waals surface area (Å²) in [4.78, 5) is 20.1. The quantitative estimate of drug-likeness (QED) is 0.230. The lowest BCUT2D eigenvalue weighted by atomic mass is 10.4. The first-order valence-corrected chi connectivity index (χ1v) is 10.5. The first-order valence-electron chi connectivity index (χ1n) is 5.34. The Morgan fingerprint density at radius 3 is 2.65 bits per heavy atom. The predicted octanol–water partition coefficient (Wildman–Crippen LogP) is -3.83. The van der Waals surface area contributed by atoms with E-state index >= 15 is 0 Å². The molecule has 17 heavy (non-hydrogen) atoms. The normalized spacial score (nSPS) is 37.8. The first kappa shape index (κ1) is 14.6. The largest absolute Gasteiger partial charge is 0.415 e. The van der Waals surface area contributed by atoms with Crippen molar-refractivity contribution >= 4 is 23.1 Å². The molecule has 0 saturated carbocycles. The van der Waals surface area contributed by atoms with Gasteiger partial charge in [0.2, 0.25) is 0 Å². The van der Waals surface area contributed by atoms with Crippen molar-refractivity contribution in [2.75, 3.05) is 6.54 Å². The van der Waals surface area contributed by atoms with Crippen LogP contribution in [0.4, 0.5) is 4.79 Å². The van der Waals surface area contributed by atoms with Gasteiger partial charge in [0.15, 0.2) is 6.29 Å². The molecule has 0 spiro atoms. The molecule has 5 unspecified atom stereocenters. The highest BCUT2D eigenvalue weighted by atomic mass is 29.2. The van der Waals surface area contributed by atoms with Crippen LogP contribution in [0, 0.1) is 0 Å². The molecule has 8 nitrogen and oxygen atoms in total. The number of urea groups is 1. The van der Waals surface area contributed by atoms with E-state index in [0.29, 0.717) is 19.0 Å². The zero-order valence-corrected chi connectivity index (χ0v) is 11.5. The monoisotopic (exact) mass is 282 g/mol. The van der Waals surface area contributed by atoms with E-state index in [1.165, 1.54) is 0 Å². The van der Waals surface area contributed by atoms with Crippen molar-refractivity contribution in [3.63, 3.8) is 0 Å². The van der Waals surface area contributed by atoms with Gasteiger partial charge < -0.3 is 35.6 Å². The van der Waals surface area contributed by atoms with Gasteiger partial charge in [0, 0.05) is 6.54 Å².